The molecule has 1 saturated carbocycles. The Hall–Kier alpha value is -2.08. The molecule has 0 amide bonds. The first-order chi connectivity index (χ1) is 8.69. The van der Waals surface area contributed by atoms with Gasteiger partial charge in [-0.15, -0.1) is 0 Å². The van der Waals surface area contributed by atoms with Gasteiger partial charge in [-0.3, -0.25) is 4.79 Å². The van der Waals surface area contributed by atoms with Crippen molar-refractivity contribution in [2.45, 2.75) is 25.2 Å². The number of carbonyl (C=O) groups excluding carboxylic acids is 1. The van der Waals surface area contributed by atoms with Gasteiger partial charge < -0.3 is 4.57 Å². The molecule has 1 aromatic heterocycles. The van der Waals surface area contributed by atoms with Gasteiger partial charge in [0.1, 0.15) is 5.78 Å². The SMILES string of the molecule is Cn1cc(C2CCC(=O)C2)c2cc(C#N)ccc21. The normalized spacial score (nSPS) is 19.3. The minimum absolute atomic E-state index is 0.329. The number of ketones is 1. The molecule has 1 aromatic carbocycles. The molecule has 0 bridgehead atoms. The summed E-state index contributed by atoms with van der Waals surface area (Å²) in [5.41, 5.74) is 3.03. The zero-order valence-corrected chi connectivity index (χ0v) is 10.3. The number of hydrogen-bond acceptors (Lipinski definition) is 2. The Labute approximate surface area is 106 Å². The molecule has 1 aliphatic carbocycles. The molecule has 1 atom stereocenters. The minimum Gasteiger partial charge on any atom is -0.350 e. The molecule has 1 unspecified atom stereocenters. The average Bonchev–Trinajstić information content (AvgIpc) is 2.93. The van der Waals surface area contributed by atoms with Gasteiger partial charge in [-0.1, -0.05) is 0 Å². The van der Waals surface area contributed by atoms with E-state index >= 15 is 0 Å². The third-order valence-electron chi connectivity index (χ3n) is 3.83. The Kier molecular flexibility index (Phi) is 2.45. The van der Waals surface area contributed by atoms with Crippen LogP contribution in [0.1, 0.15) is 36.3 Å². The van der Waals surface area contributed by atoms with Gasteiger partial charge in [0.2, 0.25) is 0 Å². The van der Waals surface area contributed by atoms with Crippen LogP contribution >= 0.6 is 0 Å². The van der Waals surface area contributed by atoms with Gasteiger partial charge in [0, 0.05) is 37.0 Å². The highest BCUT2D eigenvalue weighted by Gasteiger charge is 2.26. The summed E-state index contributed by atoms with van der Waals surface area (Å²) in [5, 5.41) is 10.1. The number of aryl methyl sites for hydroxylation is 1. The lowest BCUT2D eigenvalue weighted by Gasteiger charge is -2.06. The zero-order chi connectivity index (χ0) is 12.7. The van der Waals surface area contributed by atoms with E-state index in [-0.39, 0.29) is 0 Å². The number of hydrogen-bond donors (Lipinski definition) is 0. The predicted octanol–water partition coefficient (Wildman–Crippen LogP) is 2.89. The van der Waals surface area contributed by atoms with Crippen LogP contribution in [0.15, 0.2) is 24.4 Å². The van der Waals surface area contributed by atoms with E-state index in [1.165, 1.54) is 5.56 Å². The van der Waals surface area contributed by atoms with Crippen molar-refractivity contribution in [1.29, 1.82) is 5.26 Å². The van der Waals surface area contributed by atoms with E-state index in [4.69, 9.17) is 5.26 Å². The first-order valence-corrected chi connectivity index (χ1v) is 6.20. The van der Waals surface area contributed by atoms with Crippen molar-refractivity contribution in [3.8, 4) is 6.07 Å². The van der Waals surface area contributed by atoms with Crippen molar-refractivity contribution in [2.24, 2.45) is 7.05 Å². The van der Waals surface area contributed by atoms with Crippen LogP contribution in [0.4, 0.5) is 0 Å². The number of nitrogens with zero attached hydrogens (tertiary/aromatic N) is 2. The summed E-state index contributed by atoms with van der Waals surface area (Å²) in [4.78, 5) is 11.4. The number of nitriles is 1. The second-order valence-electron chi connectivity index (χ2n) is 5.02. The van der Waals surface area contributed by atoms with E-state index in [1.54, 1.807) is 0 Å². The lowest BCUT2D eigenvalue weighted by molar-refractivity contribution is -0.117. The van der Waals surface area contributed by atoms with Crippen molar-refractivity contribution < 1.29 is 4.79 Å². The lowest BCUT2D eigenvalue weighted by Crippen LogP contribution is -1.93. The highest BCUT2D eigenvalue weighted by molar-refractivity contribution is 5.88. The first kappa shape index (κ1) is 11.0. The fourth-order valence-electron chi connectivity index (χ4n) is 2.90. The summed E-state index contributed by atoms with van der Waals surface area (Å²) in [6.45, 7) is 0. The van der Waals surface area contributed by atoms with Crippen molar-refractivity contribution in [3.05, 3.63) is 35.5 Å². The molecule has 0 saturated heterocycles. The molecule has 0 N–H and O–H groups in total. The Bertz CT molecular complexity index is 676. The largest absolute Gasteiger partial charge is 0.350 e. The molecule has 3 nitrogen and oxygen atoms in total. The van der Waals surface area contributed by atoms with E-state index in [1.807, 2.05) is 25.2 Å². The fourth-order valence-corrected chi connectivity index (χ4v) is 2.90. The summed E-state index contributed by atoms with van der Waals surface area (Å²) in [5.74, 6) is 0.684. The monoisotopic (exact) mass is 238 g/mol. The van der Waals surface area contributed by atoms with Crippen LogP contribution in [-0.2, 0) is 11.8 Å². The number of fused-ring (bicyclic) bond motifs is 1. The Morgan fingerprint density at radius 2 is 2.28 bits per heavy atom. The van der Waals surface area contributed by atoms with Crippen LogP contribution in [0.3, 0.4) is 0 Å². The molecule has 1 heterocycles. The quantitative estimate of drug-likeness (QED) is 0.766. The molecule has 3 rings (SSSR count). The Balaban J connectivity index is 2.17. The Morgan fingerprint density at radius 3 is 2.94 bits per heavy atom. The number of rotatable bonds is 1. The molecule has 90 valence electrons. The number of aromatic nitrogens is 1. The fraction of sp³-hybridized carbons (Fsp3) is 0.333. The summed E-state index contributed by atoms with van der Waals surface area (Å²) in [7, 11) is 2.01. The second-order valence-corrected chi connectivity index (χ2v) is 5.02. The Morgan fingerprint density at radius 1 is 1.44 bits per heavy atom. The van der Waals surface area contributed by atoms with Gasteiger partial charge in [0.15, 0.2) is 0 Å². The molecular weight excluding hydrogens is 224 g/mol. The highest BCUT2D eigenvalue weighted by atomic mass is 16.1. The van der Waals surface area contributed by atoms with E-state index in [0.717, 1.165) is 17.3 Å². The van der Waals surface area contributed by atoms with Gasteiger partial charge in [0.25, 0.3) is 0 Å². The van der Waals surface area contributed by atoms with Crippen LogP contribution in [0, 0.1) is 11.3 Å². The van der Waals surface area contributed by atoms with Crippen molar-refractivity contribution >= 4 is 16.7 Å². The maximum Gasteiger partial charge on any atom is 0.133 e. The van der Waals surface area contributed by atoms with Gasteiger partial charge in [0.05, 0.1) is 11.6 Å². The highest BCUT2D eigenvalue weighted by Crippen LogP contribution is 2.37. The third kappa shape index (κ3) is 1.62. The van der Waals surface area contributed by atoms with Crippen molar-refractivity contribution in [2.75, 3.05) is 0 Å². The van der Waals surface area contributed by atoms with Crippen LogP contribution in [-0.4, -0.2) is 10.4 Å². The van der Waals surface area contributed by atoms with Gasteiger partial charge in [-0.2, -0.15) is 5.26 Å². The first-order valence-electron chi connectivity index (χ1n) is 6.20. The van der Waals surface area contributed by atoms with E-state index < -0.39 is 0 Å². The van der Waals surface area contributed by atoms with E-state index in [9.17, 15) is 4.79 Å². The zero-order valence-electron chi connectivity index (χ0n) is 10.3. The van der Waals surface area contributed by atoms with E-state index in [2.05, 4.69) is 16.8 Å². The molecule has 0 spiro atoms. The van der Waals surface area contributed by atoms with Crippen molar-refractivity contribution in [1.82, 2.24) is 4.57 Å². The predicted molar refractivity (Wildman–Crippen MR) is 69.2 cm³/mol. The minimum atomic E-state index is 0.329. The van der Waals surface area contributed by atoms with Crippen LogP contribution in [0.25, 0.3) is 10.9 Å². The molecule has 2 aromatic rings. The summed E-state index contributed by atoms with van der Waals surface area (Å²) < 4.78 is 2.08. The lowest BCUT2D eigenvalue weighted by atomic mass is 9.96. The molecule has 1 fully saturated rings. The molecule has 0 aliphatic heterocycles. The van der Waals surface area contributed by atoms with E-state index in [0.29, 0.717) is 30.1 Å². The maximum absolute atomic E-state index is 11.4. The summed E-state index contributed by atoms with van der Waals surface area (Å²) in [6.07, 6.45) is 4.39. The van der Waals surface area contributed by atoms with Crippen LogP contribution in [0.5, 0.6) is 0 Å². The van der Waals surface area contributed by atoms with Gasteiger partial charge in [-0.25, -0.2) is 0 Å². The van der Waals surface area contributed by atoms with Crippen LogP contribution < -0.4 is 0 Å². The topological polar surface area (TPSA) is 45.8 Å². The maximum atomic E-state index is 11.4. The number of benzene rings is 1. The number of Topliss-reactive ketones (excluding diaryl/α,β-unsaturated/α-hetero) is 1. The molecular formula is C15H14N2O. The van der Waals surface area contributed by atoms with Gasteiger partial charge in [-0.05, 0) is 36.1 Å². The third-order valence-corrected chi connectivity index (χ3v) is 3.83. The second kappa shape index (κ2) is 3.99. The summed E-state index contributed by atoms with van der Waals surface area (Å²) >= 11 is 0. The van der Waals surface area contributed by atoms with Crippen LogP contribution in [0.2, 0.25) is 0 Å². The number of carbonyl (C=O) groups is 1. The smallest absolute Gasteiger partial charge is 0.133 e. The summed E-state index contributed by atoms with van der Waals surface area (Å²) in [6, 6.07) is 7.94. The molecule has 1 aliphatic rings. The van der Waals surface area contributed by atoms with Crippen molar-refractivity contribution in [3.63, 3.8) is 0 Å². The molecule has 3 heteroatoms. The standard InChI is InChI=1S/C15H14N2O/c1-17-9-14(11-3-4-12(18)7-11)13-6-10(8-16)2-5-15(13)17/h2,5-6,9,11H,3-4,7H2,1H3. The van der Waals surface area contributed by atoms with Gasteiger partial charge >= 0.3 is 0 Å². The molecule has 0 radical (unpaired) electrons. The molecule has 18 heavy (non-hydrogen) atoms. The average molecular weight is 238 g/mol.